The summed E-state index contributed by atoms with van der Waals surface area (Å²) in [4.78, 5) is 109. The highest BCUT2D eigenvalue weighted by molar-refractivity contribution is 5.99. The SMILES string of the molecule is NCCCCCC(=O)NC(CNC(=O)c1ccc2c(cnn2CCCNc2ncc[nH]2)c1)C(=O)O.N[C@@H](CCC(=O)O)C(=O)NCCCCCC(=O)NC(CNC(=O)c1ccc2c(cnn2CCCNc2ncc[nH]2)c1)C(=O)O. The number of aliphatic carboxylic acids is 3. The maximum atomic E-state index is 12.7. The van der Waals surface area contributed by atoms with Gasteiger partial charge in [0.1, 0.15) is 12.1 Å². The maximum absolute atomic E-state index is 12.7. The predicted molar refractivity (Wildman–Crippen MR) is 290 cm³/mol. The number of aryl methyl sites for hydroxylation is 2. The lowest BCUT2D eigenvalue weighted by molar-refractivity contribution is -0.142. The molecule has 28 heteroatoms. The van der Waals surface area contributed by atoms with E-state index in [2.05, 4.69) is 67.4 Å². The molecule has 2 aromatic carbocycles. The smallest absolute Gasteiger partial charge is 0.328 e. The van der Waals surface area contributed by atoms with Crippen LogP contribution in [0.4, 0.5) is 11.9 Å². The van der Waals surface area contributed by atoms with Crippen LogP contribution in [-0.2, 0) is 41.9 Å². The summed E-state index contributed by atoms with van der Waals surface area (Å²) in [6.07, 6.45) is 15.8. The lowest BCUT2D eigenvalue weighted by Crippen LogP contribution is -2.48. The normalized spacial score (nSPS) is 12.1. The Morgan fingerprint density at radius 2 is 1.06 bits per heavy atom. The van der Waals surface area contributed by atoms with Gasteiger partial charge in [0.15, 0.2) is 11.9 Å². The van der Waals surface area contributed by atoms with Gasteiger partial charge in [-0.05, 0) is 87.9 Å². The molecule has 0 spiro atoms. The van der Waals surface area contributed by atoms with E-state index in [0.29, 0.717) is 75.5 Å². The molecule has 5 amide bonds. The molecule has 16 N–H and O–H groups in total. The summed E-state index contributed by atoms with van der Waals surface area (Å²) < 4.78 is 3.71. The lowest BCUT2D eigenvalue weighted by Gasteiger charge is -2.15. The number of unbranched alkanes of at least 4 members (excludes halogenated alkanes) is 4. The van der Waals surface area contributed by atoms with E-state index in [1.54, 1.807) is 67.5 Å². The van der Waals surface area contributed by atoms with E-state index >= 15 is 0 Å². The quantitative estimate of drug-likeness (QED) is 0.0251. The van der Waals surface area contributed by atoms with Crippen molar-refractivity contribution in [3.63, 3.8) is 0 Å². The molecule has 0 fully saturated rings. The van der Waals surface area contributed by atoms with Gasteiger partial charge in [-0.2, -0.15) is 10.2 Å². The van der Waals surface area contributed by atoms with E-state index in [1.165, 1.54) is 0 Å². The van der Waals surface area contributed by atoms with Crippen LogP contribution < -0.4 is 48.7 Å². The first kappa shape index (κ1) is 60.9. The van der Waals surface area contributed by atoms with Gasteiger partial charge in [-0.3, -0.25) is 38.1 Å². The fourth-order valence-corrected chi connectivity index (χ4v) is 7.88. The second kappa shape index (κ2) is 32.6. The van der Waals surface area contributed by atoms with Crippen molar-refractivity contribution in [1.29, 1.82) is 0 Å². The average Bonchev–Trinajstić information content (AvgIpc) is 4.30. The molecular formula is C51H71N17O11. The molecule has 4 heterocycles. The van der Waals surface area contributed by atoms with E-state index in [9.17, 15) is 48.6 Å². The van der Waals surface area contributed by atoms with Crippen molar-refractivity contribution in [1.82, 2.24) is 66.1 Å². The number of amides is 5. The third-order valence-corrected chi connectivity index (χ3v) is 12.2. The van der Waals surface area contributed by atoms with Crippen molar-refractivity contribution in [2.75, 3.05) is 49.9 Å². The number of aromatic nitrogens is 8. The van der Waals surface area contributed by atoms with Crippen LogP contribution in [0.25, 0.3) is 21.8 Å². The van der Waals surface area contributed by atoms with E-state index in [-0.39, 0.29) is 44.7 Å². The van der Waals surface area contributed by atoms with Gasteiger partial charge in [-0.1, -0.05) is 12.8 Å². The zero-order chi connectivity index (χ0) is 56.9. The number of carbonyl (C=O) groups is 8. The Hall–Kier alpha value is -8.92. The molecule has 0 bridgehead atoms. The Morgan fingerprint density at radius 1 is 0.582 bits per heavy atom. The Balaban J connectivity index is 0.000000298. The van der Waals surface area contributed by atoms with Gasteiger partial charge in [0.05, 0.1) is 29.5 Å². The number of imidazole rings is 2. The maximum Gasteiger partial charge on any atom is 0.328 e. The monoisotopic (exact) mass is 1100 g/mol. The van der Waals surface area contributed by atoms with E-state index in [4.69, 9.17) is 16.6 Å². The summed E-state index contributed by atoms with van der Waals surface area (Å²) in [6, 6.07) is 6.88. The molecule has 0 saturated carbocycles. The lowest BCUT2D eigenvalue weighted by atomic mass is 10.1. The predicted octanol–water partition coefficient (Wildman–Crippen LogP) is 1.51. The zero-order valence-corrected chi connectivity index (χ0v) is 43.7. The number of hydrogen-bond acceptors (Lipinski definition) is 16. The molecule has 3 atom stereocenters. The van der Waals surface area contributed by atoms with Crippen molar-refractivity contribution >= 4 is 81.1 Å². The molecule has 426 valence electrons. The molecule has 4 aromatic heterocycles. The largest absolute Gasteiger partial charge is 0.481 e. The van der Waals surface area contributed by atoms with Gasteiger partial charge >= 0.3 is 17.9 Å². The summed E-state index contributed by atoms with van der Waals surface area (Å²) in [7, 11) is 0. The van der Waals surface area contributed by atoms with Crippen LogP contribution in [0.5, 0.6) is 0 Å². The minimum absolute atomic E-state index is 0.0420. The summed E-state index contributed by atoms with van der Waals surface area (Å²) in [5, 5.41) is 57.0. The Kier molecular flexibility index (Phi) is 25.2. The molecule has 2 unspecified atom stereocenters. The molecule has 0 radical (unpaired) electrons. The topological polar surface area (TPSA) is 426 Å². The number of anilines is 2. The number of carbonyl (C=O) groups excluding carboxylic acids is 5. The molecule has 0 saturated heterocycles. The highest BCUT2D eigenvalue weighted by Gasteiger charge is 2.23. The van der Waals surface area contributed by atoms with Gasteiger partial charge in [0.2, 0.25) is 17.7 Å². The number of carboxylic acid groups (broad SMARTS) is 3. The van der Waals surface area contributed by atoms with Crippen LogP contribution in [0, 0.1) is 0 Å². The molecule has 28 nitrogen and oxygen atoms in total. The van der Waals surface area contributed by atoms with Crippen LogP contribution in [0.1, 0.15) is 97.8 Å². The van der Waals surface area contributed by atoms with Gasteiger partial charge in [0.25, 0.3) is 11.8 Å². The summed E-state index contributed by atoms with van der Waals surface area (Å²) >= 11 is 0. The number of nitrogens with two attached hydrogens (primary N) is 2. The van der Waals surface area contributed by atoms with Crippen LogP contribution in [0.2, 0.25) is 0 Å². The fourth-order valence-electron chi connectivity index (χ4n) is 7.88. The highest BCUT2D eigenvalue weighted by Crippen LogP contribution is 2.18. The van der Waals surface area contributed by atoms with E-state index in [0.717, 1.165) is 60.0 Å². The number of carboxylic acids is 3. The Bertz CT molecular complexity index is 2910. The molecule has 0 aliphatic rings. The van der Waals surface area contributed by atoms with Crippen molar-refractivity contribution in [2.24, 2.45) is 11.5 Å². The van der Waals surface area contributed by atoms with Crippen LogP contribution >= 0.6 is 0 Å². The number of rotatable bonds is 35. The Morgan fingerprint density at radius 3 is 1.49 bits per heavy atom. The van der Waals surface area contributed by atoms with E-state index in [1.807, 2.05) is 15.4 Å². The van der Waals surface area contributed by atoms with Crippen LogP contribution in [-0.4, -0.2) is 160 Å². The molecule has 79 heavy (non-hydrogen) atoms. The van der Waals surface area contributed by atoms with Crippen molar-refractivity contribution in [2.45, 2.75) is 108 Å². The van der Waals surface area contributed by atoms with Crippen molar-refractivity contribution in [3.8, 4) is 0 Å². The fraction of sp³-hybridized carbons (Fsp3) is 0.451. The first-order valence-electron chi connectivity index (χ1n) is 26.0. The number of nitrogens with zero attached hydrogens (tertiary/aromatic N) is 6. The van der Waals surface area contributed by atoms with Gasteiger partial charge in [0, 0.05) is 112 Å². The summed E-state index contributed by atoms with van der Waals surface area (Å²) in [5.74, 6) is -4.27. The molecule has 0 aliphatic heterocycles. The van der Waals surface area contributed by atoms with Gasteiger partial charge in [-0.15, -0.1) is 0 Å². The number of fused-ring (bicyclic) bond motifs is 2. The summed E-state index contributed by atoms with van der Waals surface area (Å²) in [5.41, 5.74) is 13.5. The number of aromatic amines is 2. The average molecular weight is 1100 g/mol. The first-order chi connectivity index (χ1) is 38.1. The van der Waals surface area contributed by atoms with Crippen molar-refractivity contribution in [3.05, 3.63) is 84.7 Å². The minimum atomic E-state index is -1.31. The highest BCUT2D eigenvalue weighted by atomic mass is 16.4. The molecule has 6 rings (SSSR count). The molecule has 0 aliphatic carbocycles. The zero-order valence-electron chi connectivity index (χ0n) is 43.7. The Labute approximate surface area is 454 Å². The van der Waals surface area contributed by atoms with Crippen LogP contribution in [0.3, 0.4) is 0 Å². The number of nitrogens with one attached hydrogen (secondary N) is 9. The minimum Gasteiger partial charge on any atom is -0.481 e. The van der Waals surface area contributed by atoms with Crippen LogP contribution in [0.15, 0.2) is 73.6 Å². The van der Waals surface area contributed by atoms with Gasteiger partial charge < -0.3 is 74.0 Å². The second-order valence-corrected chi connectivity index (χ2v) is 18.3. The number of benzene rings is 2. The third kappa shape index (κ3) is 21.2. The second-order valence-electron chi connectivity index (χ2n) is 18.3. The van der Waals surface area contributed by atoms with Crippen molar-refractivity contribution < 1.29 is 53.7 Å². The van der Waals surface area contributed by atoms with E-state index < -0.39 is 59.7 Å². The molecule has 6 aromatic rings. The first-order valence-corrected chi connectivity index (χ1v) is 26.0. The number of H-pyrrole nitrogens is 2. The summed E-state index contributed by atoms with van der Waals surface area (Å²) in [6.45, 7) is 3.13. The number of hydrogen-bond donors (Lipinski definition) is 14. The third-order valence-electron chi connectivity index (χ3n) is 12.2. The molecular weight excluding hydrogens is 1030 g/mol. The van der Waals surface area contributed by atoms with Gasteiger partial charge in [-0.25, -0.2) is 19.6 Å². The standard InChI is InChI=1S/C28H39N9O7.C23H32N8O4/c29-20(7-9-24(39)40)26(42)30-10-3-1-2-5-23(38)36-21(27(43)44)17-34-25(41)18-6-8-22-19(15-18)16-35-37(22)14-4-11-31-28-32-12-13-33-28;24-8-3-1-2-5-20(32)30-18(22(34)35)15-28-21(33)16-6-7-19-17(13-16)14-29-31(19)12-4-9-25-23-26-10-11-27-23/h6,8,12-13,15-16,20-21H,1-5,7,9-11,14,17,29H2,(H,30,42)(H,34,41)(H,36,38)(H,39,40)(H,43,44)(H2,31,32,33);6-7,10-11,13-14,18H,1-5,8-9,12,15,24H2,(H,28,33)(H,30,32)(H,34,35)(H2,25,26,27)/t20-,21?;/m0./s1.